The summed E-state index contributed by atoms with van der Waals surface area (Å²) in [7, 11) is 3.26. The smallest absolute Gasteiger partial charge is 0.237 e. The molecule has 2 unspecified atom stereocenters. The van der Waals surface area contributed by atoms with E-state index in [2.05, 4.69) is 29.7 Å². The first-order chi connectivity index (χ1) is 13.0. The highest BCUT2D eigenvalue weighted by Gasteiger charge is 2.17. The van der Waals surface area contributed by atoms with E-state index in [0.717, 1.165) is 23.1 Å². The zero-order valence-corrected chi connectivity index (χ0v) is 16.8. The highest BCUT2D eigenvalue weighted by Crippen LogP contribution is 2.35. The van der Waals surface area contributed by atoms with Gasteiger partial charge in [0.1, 0.15) is 0 Å². The number of carbonyl (C=O) groups excluding carboxylic acids is 1. The highest BCUT2D eigenvalue weighted by atomic mass is 16.5. The van der Waals surface area contributed by atoms with E-state index in [1.165, 1.54) is 0 Å². The summed E-state index contributed by atoms with van der Waals surface area (Å²) in [6.45, 7) is 6.48. The molecule has 0 aliphatic heterocycles. The summed E-state index contributed by atoms with van der Waals surface area (Å²) in [6.07, 6.45) is 0.909. The molecule has 2 aromatic carbocycles. The Hall–Kier alpha value is -2.53. The van der Waals surface area contributed by atoms with Crippen molar-refractivity contribution >= 4 is 5.91 Å². The Morgan fingerprint density at radius 3 is 2.26 bits per heavy atom. The third kappa shape index (κ3) is 5.47. The number of ether oxygens (including phenoxy) is 2. The van der Waals surface area contributed by atoms with Crippen molar-refractivity contribution in [2.75, 3.05) is 14.2 Å². The molecular formula is C22H30N2O3. The number of rotatable bonds is 9. The molecule has 146 valence electrons. The monoisotopic (exact) mass is 370 g/mol. The molecule has 0 bridgehead atoms. The normalized spacial score (nSPS) is 12.9. The SMILES string of the molecule is CCC(C)NC(=O)C(C)NCc1cc(OC)c(OC)cc1-c1ccccc1. The number of nitrogens with one attached hydrogen (secondary N) is 2. The molecule has 27 heavy (non-hydrogen) atoms. The van der Waals surface area contributed by atoms with Gasteiger partial charge in [-0.1, -0.05) is 37.3 Å². The van der Waals surface area contributed by atoms with E-state index >= 15 is 0 Å². The van der Waals surface area contributed by atoms with Crippen molar-refractivity contribution in [1.82, 2.24) is 10.6 Å². The Kier molecular flexibility index (Phi) is 7.67. The molecule has 0 saturated carbocycles. The van der Waals surface area contributed by atoms with Crippen LogP contribution in [0.15, 0.2) is 42.5 Å². The number of benzene rings is 2. The number of carbonyl (C=O) groups is 1. The number of hydrogen-bond donors (Lipinski definition) is 2. The summed E-state index contributed by atoms with van der Waals surface area (Å²) in [6, 6.07) is 13.9. The first-order valence-corrected chi connectivity index (χ1v) is 9.34. The lowest BCUT2D eigenvalue weighted by molar-refractivity contribution is -0.123. The summed E-state index contributed by atoms with van der Waals surface area (Å²) < 4.78 is 10.9. The molecular weight excluding hydrogens is 340 g/mol. The standard InChI is InChI=1S/C22H30N2O3/c1-6-15(2)24-22(25)16(3)23-14-18-12-20(26-4)21(27-5)13-19(18)17-10-8-7-9-11-17/h7-13,15-16,23H,6,14H2,1-5H3,(H,24,25). The average Bonchev–Trinajstić information content (AvgIpc) is 2.71. The summed E-state index contributed by atoms with van der Waals surface area (Å²) in [5.74, 6) is 1.36. The van der Waals surface area contributed by atoms with Gasteiger partial charge in [0.15, 0.2) is 11.5 Å². The lowest BCUT2D eigenvalue weighted by Gasteiger charge is -2.20. The lowest BCUT2D eigenvalue weighted by Crippen LogP contribution is -2.45. The maximum Gasteiger partial charge on any atom is 0.237 e. The van der Waals surface area contributed by atoms with Gasteiger partial charge in [-0.05, 0) is 49.1 Å². The number of amides is 1. The Balaban J connectivity index is 2.25. The molecule has 0 aliphatic rings. The number of hydrogen-bond acceptors (Lipinski definition) is 4. The Labute approximate surface area is 162 Å². The Bertz CT molecular complexity index is 747. The molecule has 2 aromatic rings. The molecule has 1 amide bonds. The highest BCUT2D eigenvalue weighted by molar-refractivity contribution is 5.81. The maximum atomic E-state index is 12.3. The van der Waals surface area contributed by atoms with Crippen molar-refractivity contribution in [2.24, 2.45) is 0 Å². The van der Waals surface area contributed by atoms with Crippen molar-refractivity contribution < 1.29 is 14.3 Å². The molecule has 0 heterocycles. The lowest BCUT2D eigenvalue weighted by atomic mass is 9.98. The van der Waals surface area contributed by atoms with E-state index in [0.29, 0.717) is 18.0 Å². The van der Waals surface area contributed by atoms with Gasteiger partial charge in [-0.25, -0.2) is 0 Å². The van der Waals surface area contributed by atoms with Crippen LogP contribution < -0.4 is 20.1 Å². The van der Waals surface area contributed by atoms with Crippen LogP contribution in [-0.2, 0) is 11.3 Å². The van der Waals surface area contributed by atoms with E-state index < -0.39 is 0 Å². The van der Waals surface area contributed by atoms with Gasteiger partial charge in [0.05, 0.1) is 20.3 Å². The minimum absolute atomic E-state index is 0.00564. The van der Waals surface area contributed by atoms with Crippen LogP contribution in [-0.4, -0.2) is 32.2 Å². The fourth-order valence-corrected chi connectivity index (χ4v) is 2.78. The second-order valence-corrected chi connectivity index (χ2v) is 6.65. The van der Waals surface area contributed by atoms with Crippen molar-refractivity contribution in [1.29, 1.82) is 0 Å². The first-order valence-electron chi connectivity index (χ1n) is 9.34. The van der Waals surface area contributed by atoms with Gasteiger partial charge in [0.25, 0.3) is 0 Å². The average molecular weight is 370 g/mol. The largest absolute Gasteiger partial charge is 0.493 e. The Morgan fingerprint density at radius 1 is 1.04 bits per heavy atom. The molecule has 2 rings (SSSR count). The van der Waals surface area contributed by atoms with Gasteiger partial charge in [0.2, 0.25) is 5.91 Å². The van der Waals surface area contributed by atoms with Crippen LogP contribution in [0.4, 0.5) is 0 Å². The summed E-state index contributed by atoms with van der Waals surface area (Å²) in [4.78, 5) is 12.3. The van der Waals surface area contributed by atoms with E-state index in [4.69, 9.17) is 9.47 Å². The molecule has 0 spiro atoms. The van der Waals surface area contributed by atoms with Gasteiger partial charge >= 0.3 is 0 Å². The molecule has 0 fully saturated rings. The van der Waals surface area contributed by atoms with Crippen LogP contribution in [0.25, 0.3) is 11.1 Å². The minimum atomic E-state index is -0.296. The third-order valence-electron chi connectivity index (χ3n) is 4.69. The fraction of sp³-hybridized carbons (Fsp3) is 0.409. The molecule has 0 aromatic heterocycles. The fourth-order valence-electron chi connectivity index (χ4n) is 2.78. The molecule has 5 nitrogen and oxygen atoms in total. The van der Waals surface area contributed by atoms with E-state index in [9.17, 15) is 4.79 Å². The topological polar surface area (TPSA) is 59.6 Å². The predicted molar refractivity (Wildman–Crippen MR) is 109 cm³/mol. The Morgan fingerprint density at radius 2 is 1.67 bits per heavy atom. The molecule has 2 N–H and O–H groups in total. The molecule has 0 saturated heterocycles. The first kappa shape index (κ1) is 20.8. The van der Waals surface area contributed by atoms with Crippen molar-refractivity contribution in [3.8, 4) is 22.6 Å². The molecule has 0 aliphatic carbocycles. The second-order valence-electron chi connectivity index (χ2n) is 6.65. The zero-order valence-electron chi connectivity index (χ0n) is 16.8. The molecule has 0 radical (unpaired) electrons. The van der Waals surface area contributed by atoms with Crippen LogP contribution in [0, 0.1) is 0 Å². The van der Waals surface area contributed by atoms with Gasteiger partial charge in [-0.15, -0.1) is 0 Å². The van der Waals surface area contributed by atoms with E-state index in [1.54, 1.807) is 14.2 Å². The van der Waals surface area contributed by atoms with Crippen molar-refractivity contribution in [2.45, 2.75) is 45.8 Å². The molecule has 2 atom stereocenters. The second kappa shape index (κ2) is 9.97. The summed E-state index contributed by atoms with van der Waals surface area (Å²) in [5, 5.41) is 6.33. The van der Waals surface area contributed by atoms with Crippen molar-refractivity contribution in [3.63, 3.8) is 0 Å². The maximum absolute atomic E-state index is 12.3. The van der Waals surface area contributed by atoms with Crippen LogP contribution in [0.2, 0.25) is 0 Å². The summed E-state index contributed by atoms with van der Waals surface area (Å²) in [5.41, 5.74) is 3.18. The van der Waals surface area contributed by atoms with E-state index in [1.807, 2.05) is 44.2 Å². The van der Waals surface area contributed by atoms with E-state index in [-0.39, 0.29) is 18.0 Å². The number of methoxy groups -OCH3 is 2. The predicted octanol–water partition coefficient (Wildman–Crippen LogP) is 3.76. The minimum Gasteiger partial charge on any atom is -0.493 e. The summed E-state index contributed by atoms with van der Waals surface area (Å²) >= 11 is 0. The van der Waals surface area contributed by atoms with Gasteiger partial charge in [0, 0.05) is 12.6 Å². The zero-order chi connectivity index (χ0) is 19.8. The third-order valence-corrected chi connectivity index (χ3v) is 4.69. The van der Waals surface area contributed by atoms with Crippen LogP contribution >= 0.6 is 0 Å². The van der Waals surface area contributed by atoms with Gasteiger partial charge < -0.3 is 20.1 Å². The molecule has 5 heteroatoms. The quantitative estimate of drug-likeness (QED) is 0.706. The van der Waals surface area contributed by atoms with Gasteiger partial charge in [-0.2, -0.15) is 0 Å². The van der Waals surface area contributed by atoms with Crippen LogP contribution in [0.3, 0.4) is 0 Å². The van der Waals surface area contributed by atoms with Crippen LogP contribution in [0.1, 0.15) is 32.8 Å². The van der Waals surface area contributed by atoms with Crippen LogP contribution in [0.5, 0.6) is 11.5 Å². The van der Waals surface area contributed by atoms with Crippen molar-refractivity contribution in [3.05, 3.63) is 48.0 Å². The van der Waals surface area contributed by atoms with Gasteiger partial charge in [-0.3, -0.25) is 4.79 Å².